The molecule has 1 saturated carbocycles. The van der Waals surface area contributed by atoms with Crippen LogP contribution in [-0.2, 0) is 6.18 Å². The van der Waals surface area contributed by atoms with E-state index in [4.69, 9.17) is 5.26 Å². The maximum Gasteiger partial charge on any atom is 0.418 e. The quantitative estimate of drug-likeness (QED) is 0.857. The van der Waals surface area contributed by atoms with Gasteiger partial charge >= 0.3 is 6.18 Å². The minimum Gasteiger partial charge on any atom is -0.390 e. The summed E-state index contributed by atoms with van der Waals surface area (Å²) in [5, 5.41) is 21.4. The average molecular weight is 349 g/mol. The lowest BCUT2D eigenvalue weighted by Gasteiger charge is -2.42. The highest BCUT2D eigenvalue weighted by atomic mass is 79.9. The number of alkyl halides is 3. The molecule has 0 atom stereocenters. The fraction of sp³-hybridized carbons (Fsp3) is 0.462. The number of halogens is 4. The van der Waals surface area contributed by atoms with E-state index in [1.54, 1.807) is 13.0 Å². The molecule has 2 N–H and O–H groups in total. The van der Waals surface area contributed by atoms with Gasteiger partial charge in [0.15, 0.2) is 0 Å². The molecule has 0 saturated heterocycles. The Balaban J connectivity index is 2.38. The summed E-state index contributed by atoms with van der Waals surface area (Å²) in [6.45, 7) is 1.63. The number of benzene rings is 1. The number of aliphatic hydroxyl groups is 1. The van der Waals surface area contributed by atoms with Crippen LogP contribution in [0.5, 0.6) is 0 Å². The Hall–Kier alpha value is -1.26. The van der Waals surface area contributed by atoms with Crippen LogP contribution in [0.25, 0.3) is 0 Å². The van der Waals surface area contributed by atoms with Gasteiger partial charge in [-0.25, -0.2) is 0 Å². The van der Waals surface area contributed by atoms with Crippen LogP contribution in [0, 0.1) is 11.3 Å². The molecule has 1 aromatic carbocycles. The second-order valence-electron chi connectivity index (χ2n) is 5.23. The van der Waals surface area contributed by atoms with E-state index >= 15 is 0 Å². The van der Waals surface area contributed by atoms with Gasteiger partial charge < -0.3 is 10.4 Å². The maximum absolute atomic E-state index is 13.0. The third-order valence-corrected chi connectivity index (χ3v) is 3.71. The molecule has 7 heteroatoms. The number of hydrogen-bond donors (Lipinski definition) is 2. The van der Waals surface area contributed by atoms with Gasteiger partial charge in [0.1, 0.15) is 6.07 Å². The lowest BCUT2D eigenvalue weighted by atomic mass is 9.77. The molecule has 0 aliphatic heterocycles. The van der Waals surface area contributed by atoms with E-state index in [1.807, 2.05) is 0 Å². The van der Waals surface area contributed by atoms with Crippen LogP contribution in [0.2, 0.25) is 0 Å². The second-order valence-corrected chi connectivity index (χ2v) is 6.15. The van der Waals surface area contributed by atoms with Gasteiger partial charge in [0.25, 0.3) is 0 Å². The Morgan fingerprint density at radius 1 is 1.45 bits per heavy atom. The van der Waals surface area contributed by atoms with Gasteiger partial charge in [0, 0.05) is 10.5 Å². The predicted molar refractivity (Wildman–Crippen MR) is 71.1 cm³/mol. The molecule has 1 aromatic rings. The van der Waals surface area contributed by atoms with Gasteiger partial charge in [-0.2, -0.15) is 18.4 Å². The first-order valence-electron chi connectivity index (χ1n) is 5.92. The van der Waals surface area contributed by atoms with Gasteiger partial charge in [-0.1, -0.05) is 15.9 Å². The molecule has 0 aromatic heterocycles. The first kappa shape index (κ1) is 15.1. The zero-order valence-electron chi connectivity index (χ0n) is 10.6. The smallest absolute Gasteiger partial charge is 0.390 e. The fourth-order valence-electron chi connectivity index (χ4n) is 2.38. The number of hydrogen-bond acceptors (Lipinski definition) is 3. The number of nitrogens with one attached hydrogen (secondary N) is 1. The molecule has 0 bridgehead atoms. The summed E-state index contributed by atoms with van der Waals surface area (Å²) in [5.74, 6) is 0. The lowest BCUT2D eigenvalue weighted by molar-refractivity contribution is -0.137. The minimum absolute atomic E-state index is 0.0711. The van der Waals surface area contributed by atoms with Crippen molar-refractivity contribution in [2.45, 2.75) is 37.6 Å². The normalized spacial score (nSPS) is 25.8. The van der Waals surface area contributed by atoms with Crippen LogP contribution >= 0.6 is 15.9 Å². The third kappa shape index (κ3) is 3.07. The summed E-state index contributed by atoms with van der Waals surface area (Å²) in [4.78, 5) is 0. The summed E-state index contributed by atoms with van der Waals surface area (Å²) in [5.41, 5.74) is -2.02. The van der Waals surface area contributed by atoms with Gasteiger partial charge in [0.05, 0.1) is 22.4 Å². The van der Waals surface area contributed by atoms with E-state index < -0.39 is 17.3 Å². The molecular formula is C13H12BrF3N2O. The molecule has 3 nitrogen and oxygen atoms in total. The van der Waals surface area contributed by atoms with Crippen LogP contribution in [0.1, 0.15) is 30.9 Å². The van der Waals surface area contributed by atoms with Crippen molar-refractivity contribution < 1.29 is 18.3 Å². The summed E-state index contributed by atoms with van der Waals surface area (Å²) >= 11 is 2.98. The van der Waals surface area contributed by atoms with Gasteiger partial charge in [0.2, 0.25) is 0 Å². The topological polar surface area (TPSA) is 56.0 Å². The number of rotatable bonds is 2. The summed E-state index contributed by atoms with van der Waals surface area (Å²) in [6.07, 6.45) is -3.85. The van der Waals surface area contributed by atoms with E-state index in [0.717, 1.165) is 6.07 Å². The van der Waals surface area contributed by atoms with E-state index in [9.17, 15) is 18.3 Å². The van der Waals surface area contributed by atoms with Crippen molar-refractivity contribution >= 4 is 21.6 Å². The van der Waals surface area contributed by atoms with Crippen LogP contribution < -0.4 is 5.32 Å². The summed E-state index contributed by atoms with van der Waals surface area (Å²) in [6, 6.07) is 3.79. The minimum atomic E-state index is -4.55. The van der Waals surface area contributed by atoms with Crippen molar-refractivity contribution in [3.05, 3.63) is 27.7 Å². The van der Waals surface area contributed by atoms with Crippen LogP contribution in [0.4, 0.5) is 18.9 Å². The molecular weight excluding hydrogens is 337 g/mol. The number of nitrogens with zero attached hydrogens (tertiary/aromatic N) is 1. The van der Waals surface area contributed by atoms with Crippen molar-refractivity contribution in [3.63, 3.8) is 0 Å². The second kappa shape index (κ2) is 4.93. The van der Waals surface area contributed by atoms with E-state index in [2.05, 4.69) is 21.2 Å². The van der Waals surface area contributed by atoms with Crippen molar-refractivity contribution in [1.29, 1.82) is 5.26 Å². The van der Waals surface area contributed by atoms with Crippen molar-refractivity contribution in [2.24, 2.45) is 0 Å². The fourth-order valence-corrected chi connectivity index (χ4v) is 2.84. The summed E-state index contributed by atoms with van der Waals surface area (Å²) in [7, 11) is 0. The average Bonchev–Trinajstić information content (AvgIpc) is 2.26. The van der Waals surface area contributed by atoms with Crippen molar-refractivity contribution in [3.8, 4) is 6.07 Å². The standard InChI is InChI=1S/C13H12BrF3N2O/c1-12(20)4-9(5-12)19-11-7(6-18)2-8(14)3-10(11)13(15,16)17/h2-3,9,19-20H,4-5H2,1H3. The molecule has 0 spiro atoms. The zero-order valence-corrected chi connectivity index (χ0v) is 12.1. The maximum atomic E-state index is 13.0. The molecule has 1 aliphatic rings. The predicted octanol–water partition coefficient (Wildman–Crippen LogP) is 3.66. The largest absolute Gasteiger partial charge is 0.418 e. The van der Waals surface area contributed by atoms with E-state index in [-0.39, 0.29) is 21.8 Å². The Morgan fingerprint density at radius 3 is 2.50 bits per heavy atom. The molecule has 108 valence electrons. The Bertz CT molecular complexity index is 570. The molecule has 0 radical (unpaired) electrons. The highest BCUT2D eigenvalue weighted by Crippen LogP contribution is 2.41. The Morgan fingerprint density at radius 2 is 2.05 bits per heavy atom. The molecule has 0 heterocycles. The monoisotopic (exact) mass is 348 g/mol. The van der Waals surface area contributed by atoms with Gasteiger partial charge in [-0.15, -0.1) is 0 Å². The third-order valence-electron chi connectivity index (χ3n) is 3.25. The molecule has 2 rings (SSSR count). The summed E-state index contributed by atoms with van der Waals surface area (Å²) < 4.78 is 39.3. The van der Waals surface area contributed by atoms with Crippen LogP contribution in [0.15, 0.2) is 16.6 Å². The highest BCUT2D eigenvalue weighted by Gasteiger charge is 2.41. The number of anilines is 1. The molecule has 1 aliphatic carbocycles. The van der Waals surface area contributed by atoms with Crippen molar-refractivity contribution in [2.75, 3.05) is 5.32 Å². The van der Waals surface area contributed by atoms with Crippen molar-refractivity contribution in [1.82, 2.24) is 0 Å². The van der Waals surface area contributed by atoms with E-state index in [0.29, 0.717) is 12.8 Å². The molecule has 0 unspecified atom stereocenters. The van der Waals surface area contributed by atoms with Crippen LogP contribution in [-0.4, -0.2) is 16.7 Å². The van der Waals surface area contributed by atoms with Crippen LogP contribution in [0.3, 0.4) is 0 Å². The Labute approximate surface area is 122 Å². The SMILES string of the molecule is CC1(O)CC(Nc2c(C#N)cc(Br)cc2C(F)(F)F)C1. The first-order chi connectivity index (χ1) is 9.12. The molecule has 0 amide bonds. The molecule has 1 fully saturated rings. The zero-order chi connectivity index (χ0) is 15.1. The van der Waals surface area contributed by atoms with Gasteiger partial charge in [-0.3, -0.25) is 0 Å². The lowest BCUT2D eigenvalue weighted by Crippen LogP contribution is -2.48. The highest BCUT2D eigenvalue weighted by molar-refractivity contribution is 9.10. The van der Waals surface area contributed by atoms with Gasteiger partial charge in [-0.05, 0) is 31.9 Å². The number of nitriles is 1. The first-order valence-corrected chi connectivity index (χ1v) is 6.71. The van der Waals surface area contributed by atoms with E-state index in [1.165, 1.54) is 6.07 Å². The Kier molecular flexibility index (Phi) is 3.73. The molecule has 20 heavy (non-hydrogen) atoms.